The molecule has 3 atom stereocenters. The van der Waals surface area contributed by atoms with Crippen LogP contribution in [0.5, 0.6) is 0 Å². The van der Waals surface area contributed by atoms with Crippen LogP contribution >= 0.6 is 24.8 Å². The van der Waals surface area contributed by atoms with Gasteiger partial charge < -0.3 is 19.9 Å². The van der Waals surface area contributed by atoms with Gasteiger partial charge in [0.05, 0.1) is 18.1 Å². The number of amides is 1. The summed E-state index contributed by atoms with van der Waals surface area (Å²) in [6.45, 7) is 5.69. The van der Waals surface area contributed by atoms with Crippen LogP contribution in [0.15, 0.2) is 0 Å². The van der Waals surface area contributed by atoms with Crippen LogP contribution in [-0.4, -0.2) is 73.7 Å². The van der Waals surface area contributed by atoms with Crippen LogP contribution in [0.2, 0.25) is 0 Å². The molecular formula is C16H29Cl2N3O2. The Morgan fingerprint density at radius 2 is 1.91 bits per heavy atom. The van der Waals surface area contributed by atoms with Gasteiger partial charge in [0, 0.05) is 32.2 Å². The minimum Gasteiger partial charge on any atom is -0.372 e. The van der Waals surface area contributed by atoms with E-state index in [9.17, 15) is 4.79 Å². The van der Waals surface area contributed by atoms with E-state index >= 15 is 0 Å². The van der Waals surface area contributed by atoms with Gasteiger partial charge in [0.2, 0.25) is 5.91 Å². The van der Waals surface area contributed by atoms with Crippen molar-refractivity contribution in [1.29, 1.82) is 0 Å². The van der Waals surface area contributed by atoms with Crippen molar-refractivity contribution in [3.63, 3.8) is 0 Å². The summed E-state index contributed by atoms with van der Waals surface area (Å²) in [6, 6.07) is 0.454. The highest BCUT2D eigenvalue weighted by atomic mass is 35.5. The molecule has 4 aliphatic rings. The molecule has 0 aromatic heterocycles. The van der Waals surface area contributed by atoms with Gasteiger partial charge in [-0.15, -0.1) is 24.8 Å². The number of rotatable bonds is 1. The van der Waals surface area contributed by atoms with Crippen LogP contribution in [0.1, 0.15) is 25.7 Å². The summed E-state index contributed by atoms with van der Waals surface area (Å²) in [5, 5.41) is 3.51. The van der Waals surface area contributed by atoms with Crippen molar-refractivity contribution in [3.05, 3.63) is 0 Å². The fourth-order valence-corrected chi connectivity index (χ4v) is 4.90. The Balaban J connectivity index is 0.000000960. The highest BCUT2D eigenvalue weighted by Crippen LogP contribution is 2.39. The van der Waals surface area contributed by atoms with Gasteiger partial charge in [0.15, 0.2) is 0 Å². The van der Waals surface area contributed by atoms with Crippen LogP contribution < -0.4 is 5.32 Å². The number of hydrogen-bond acceptors (Lipinski definition) is 4. The van der Waals surface area contributed by atoms with Crippen molar-refractivity contribution in [1.82, 2.24) is 15.1 Å². The molecule has 0 aromatic carbocycles. The van der Waals surface area contributed by atoms with Crippen molar-refractivity contribution >= 4 is 30.7 Å². The third-order valence-electron chi connectivity index (χ3n) is 6.14. The first-order valence-electron chi connectivity index (χ1n) is 8.52. The number of ether oxygens (including phenoxy) is 1. The average Bonchev–Trinajstić information content (AvgIpc) is 3.07. The number of hydrogen-bond donors (Lipinski definition) is 1. The second-order valence-corrected chi connectivity index (χ2v) is 7.47. The van der Waals surface area contributed by atoms with Crippen molar-refractivity contribution in [2.24, 2.45) is 11.8 Å². The Hall–Kier alpha value is -0.0700. The summed E-state index contributed by atoms with van der Waals surface area (Å²) in [4.78, 5) is 17.3. The van der Waals surface area contributed by atoms with E-state index < -0.39 is 0 Å². The van der Waals surface area contributed by atoms with Gasteiger partial charge in [0.1, 0.15) is 0 Å². The first-order chi connectivity index (χ1) is 10.2. The number of carbonyl (C=O) groups excluding carboxylic acids is 1. The van der Waals surface area contributed by atoms with Gasteiger partial charge in [-0.1, -0.05) is 0 Å². The number of morpholine rings is 1. The van der Waals surface area contributed by atoms with Gasteiger partial charge in [-0.25, -0.2) is 0 Å². The highest BCUT2D eigenvalue weighted by molar-refractivity contribution is 5.85. The molecule has 1 N–H and O–H groups in total. The zero-order valence-corrected chi connectivity index (χ0v) is 15.5. The molecule has 4 rings (SSSR count). The molecule has 1 saturated carbocycles. The number of fused-ring (bicyclic) bond motifs is 2. The number of likely N-dealkylation sites (tertiary alicyclic amines) is 1. The van der Waals surface area contributed by atoms with Crippen LogP contribution in [0, 0.1) is 11.8 Å². The normalized spacial score (nSPS) is 35.7. The lowest BCUT2D eigenvalue weighted by Crippen LogP contribution is -2.57. The van der Waals surface area contributed by atoms with E-state index in [0.29, 0.717) is 17.9 Å². The molecule has 0 aromatic rings. The summed E-state index contributed by atoms with van der Waals surface area (Å²) < 4.78 is 6.09. The Bertz CT molecular complexity index is 410. The van der Waals surface area contributed by atoms with Crippen LogP contribution in [-0.2, 0) is 9.53 Å². The molecule has 4 fully saturated rings. The zero-order valence-electron chi connectivity index (χ0n) is 13.8. The number of piperidine rings is 2. The first kappa shape index (κ1) is 19.3. The lowest BCUT2D eigenvalue weighted by atomic mass is 9.88. The summed E-state index contributed by atoms with van der Waals surface area (Å²) in [5.41, 5.74) is 0.0106. The number of carbonyl (C=O) groups is 1. The highest BCUT2D eigenvalue weighted by Gasteiger charge is 2.48. The minimum atomic E-state index is 0. The van der Waals surface area contributed by atoms with Crippen LogP contribution in [0.3, 0.4) is 0 Å². The summed E-state index contributed by atoms with van der Waals surface area (Å²) in [7, 11) is 2.17. The molecule has 5 nitrogen and oxygen atoms in total. The summed E-state index contributed by atoms with van der Waals surface area (Å²) in [5.74, 6) is 1.26. The second kappa shape index (κ2) is 7.44. The quantitative estimate of drug-likeness (QED) is 0.756. The van der Waals surface area contributed by atoms with Gasteiger partial charge in [-0.05, 0) is 45.2 Å². The first-order valence-corrected chi connectivity index (χ1v) is 8.52. The van der Waals surface area contributed by atoms with E-state index in [-0.39, 0.29) is 36.3 Å². The number of nitrogens with one attached hydrogen (secondary N) is 1. The van der Waals surface area contributed by atoms with Crippen molar-refractivity contribution < 1.29 is 9.53 Å². The number of likely N-dealkylation sites (N-methyl/N-ethyl adjacent to an activating group) is 1. The standard InChI is InChI=1S/C16H27N3O2.2ClH/c1-18-8-9-21-16(11-18)4-6-19(7-5-16)15(20)14-12-2-3-13(14)17-10-12;;/h12-14,17H,2-11H2,1H3;2*1H/t12-,13-,14+;;/m0../s1. The molecular weight excluding hydrogens is 337 g/mol. The maximum absolute atomic E-state index is 12.8. The van der Waals surface area contributed by atoms with E-state index in [4.69, 9.17) is 4.74 Å². The maximum atomic E-state index is 12.8. The van der Waals surface area contributed by atoms with Gasteiger partial charge in [-0.3, -0.25) is 4.79 Å². The molecule has 2 bridgehead atoms. The maximum Gasteiger partial charge on any atom is 0.227 e. The largest absolute Gasteiger partial charge is 0.372 e. The molecule has 1 spiro atoms. The molecule has 1 aliphatic carbocycles. The predicted molar refractivity (Wildman–Crippen MR) is 94.5 cm³/mol. The molecule has 7 heteroatoms. The average molecular weight is 366 g/mol. The molecule has 1 amide bonds. The third-order valence-corrected chi connectivity index (χ3v) is 6.14. The van der Waals surface area contributed by atoms with E-state index in [0.717, 1.165) is 52.2 Å². The lowest BCUT2D eigenvalue weighted by molar-refractivity contribution is -0.151. The SMILES string of the molecule is CN1CCOC2(CCN(C(=O)[C@@H]3[C@H]4CC[C@@H]3NC4)CC2)C1.Cl.Cl. The third kappa shape index (κ3) is 3.49. The van der Waals surface area contributed by atoms with E-state index in [2.05, 4.69) is 22.2 Å². The topological polar surface area (TPSA) is 44.8 Å². The minimum absolute atomic E-state index is 0. The van der Waals surface area contributed by atoms with Crippen molar-refractivity contribution in [2.75, 3.05) is 46.4 Å². The predicted octanol–water partition coefficient (Wildman–Crippen LogP) is 1.15. The molecule has 0 unspecified atom stereocenters. The summed E-state index contributed by atoms with van der Waals surface area (Å²) >= 11 is 0. The monoisotopic (exact) mass is 365 g/mol. The molecule has 134 valence electrons. The second-order valence-electron chi connectivity index (χ2n) is 7.47. The molecule has 3 aliphatic heterocycles. The van der Waals surface area contributed by atoms with E-state index in [1.165, 1.54) is 12.8 Å². The van der Waals surface area contributed by atoms with Gasteiger partial charge in [0.25, 0.3) is 0 Å². The molecule has 23 heavy (non-hydrogen) atoms. The number of nitrogens with zero attached hydrogens (tertiary/aromatic N) is 2. The molecule has 3 heterocycles. The molecule has 3 saturated heterocycles. The Morgan fingerprint density at radius 3 is 2.43 bits per heavy atom. The zero-order chi connectivity index (χ0) is 14.4. The van der Waals surface area contributed by atoms with Crippen molar-refractivity contribution in [3.8, 4) is 0 Å². The number of halogens is 2. The fraction of sp³-hybridized carbons (Fsp3) is 0.938. The smallest absolute Gasteiger partial charge is 0.227 e. The molecule has 0 radical (unpaired) electrons. The van der Waals surface area contributed by atoms with E-state index in [1.54, 1.807) is 0 Å². The Morgan fingerprint density at radius 1 is 1.17 bits per heavy atom. The van der Waals surface area contributed by atoms with Crippen LogP contribution in [0.4, 0.5) is 0 Å². The lowest BCUT2D eigenvalue weighted by Gasteiger charge is -2.47. The fourth-order valence-electron chi connectivity index (χ4n) is 4.90. The summed E-state index contributed by atoms with van der Waals surface area (Å²) in [6.07, 6.45) is 4.42. The van der Waals surface area contributed by atoms with Crippen molar-refractivity contribution in [2.45, 2.75) is 37.3 Å². The Kier molecular flexibility index (Phi) is 6.23. The van der Waals surface area contributed by atoms with Gasteiger partial charge in [-0.2, -0.15) is 0 Å². The van der Waals surface area contributed by atoms with Gasteiger partial charge >= 0.3 is 0 Å². The Labute approximate surface area is 151 Å². The van der Waals surface area contributed by atoms with E-state index in [1.807, 2.05) is 0 Å². The van der Waals surface area contributed by atoms with Crippen LogP contribution in [0.25, 0.3) is 0 Å².